The van der Waals surface area contributed by atoms with Crippen molar-refractivity contribution in [1.29, 1.82) is 0 Å². The summed E-state index contributed by atoms with van der Waals surface area (Å²) in [6, 6.07) is 6.82. The van der Waals surface area contributed by atoms with E-state index in [0.29, 0.717) is 4.31 Å². The monoisotopic (exact) mass is 299 g/mol. The van der Waals surface area contributed by atoms with Crippen LogP contribution in [-0.4, -0.2) is 30.6 Å². The number of sulfonamides is 1. The fourth-order valence-electron chi connectivity index (χ4n) is 1.51. The largest absolute Gasteiger partial charge is 0.272 e. The Kier molecular flexibility index (Phi) is 5.32. The predicted molar refractivity (Wildman–Crippen MR) is 75.4 cm³/mol. The molecule has 1 amide bonds. The summed E-state index contributed by atoms with van der Waals surface area (Å²) >= 11 is 5.47. The van der Waals surface area contributed by atoms with E-state index in [2.05, 4.69) is 13.2 Å². The lowest BCUT2D eigenvalue weighted by molar-refractivity contribution is -0.124. The summed E-state index contributed by atoms with van der Waals surface area (Å²) in [5.41, 5.74) is 0. The Labute approximate surface area is 118 Å². The van der Waals surface area contributed by atoms with Crippen molar-refractivity contribution in [1.82, 2.24) is 4.31 Å². The summed E-state index contributed by atoms with van der Waals surface area (Å²) in [5.74, 6) is -1.17. The van der Waals surface area contributed by atoms with E-state index in [0.717, 1.165) is 0 Å². The third-order valence-electron chi connectivity index (χ3n) is 2.41. The van der Waals surface area contributed by atoms with E-state index in [1.807, 2.05) is 0 Å². The molecule has 1 aromatic carbocycles. The quantitative estimate of drug-likeness (QED) is 0.597. The van der Waals surface area contributed by atoms with Gasteiger partial charge in [0.15, 0.2) is 0 Å². The SMILES string of the molecule is C=CC(C=C)N(C(=O)CCl)S(=O)(=O)c1ccccc1. The molecule has 19 heavy (non-hydrogen) atoms. The van der Waals surface area contributed by atoms with Gasteiger partial charge in [0.1, 0.15) is 5.88 Å². The third kappa shape index (κ3) is 3.24. The van der Waals surface area contributed by atoms with E-state index in [9.17, 15) is 13.2 Å². The highest BCUT2D eigenvalue weighted by molar-refractivity contribution is 7.89. The number of hydrogen-bond acceptors (Lipinski definition) is 3. The van der Waals surface area contributed by atoms with E-state index in [4.69, 9.17) is 11.6 Å². The topological polar surface area (TPSA) is 54.5 Å². The van der Waals surface area contributed by atoms with Crippen LogP contribution in [0.3, 0.4) is 0 Å². The van der Waals surface area contributed by atoms with Crippen molar-refractivity contribution in [3.63, 3.8) is 0 Å². The van der Waals surface area contributed by atoms with Crippen LogP contribution in [-0.2, 0) is 14.8 Å². The Bertz CT molecular complexity index is 561. The minimum Gasteiger partial charge on any atom is -0.272 e. The second kappa shape index (κ2) is 6.54. The lowest BCUT2D eigenvalue weighted by atomic mass is 10.3. The third-order valence-corrected chi connectivity index (χ3v) is 4.48. The second-order valence-electron chi connectivity index (χ2n) is 3.60. The number of benzene rings is 1. The summed E-state index contributed by atoms with van der Waals surface area (Å²) in [6.07, 6.45) is 2.63. The van der Waals surface area contributed by atoms with Crippen LogP contribution in [0.25, 0.3) is 0 Å². The number of amides is 1. The molecule has 0 bridgehead atoms. The Morgan fingerprint density at radius 1 is 1.26 bits per heavy atom. The zero-order valence-electron chi connectivity index (χ0n) is 10.2. The van der Waals surface area contributed by atoms with Gasteiger partial charge in [-0.25, -0.2) is 12.7 Å². The van der Waals surface area contributed by atoms with E-state index < -0.39 is 27.9 Å². The Hall–Kier alpha value is -1.59. The van der Waals surface area contributed by atoms with Crippen molar-refractivity contribution in [3.05, 3.63) is 55.6 Å². The fourth-order valence-corrected chi connectivity index (χ4v) is 3.27. The first-order valence-corrected chi connectivity index (χ1v) is 7.40. The van der Waals surface area contributed by atoms with Gasteiger partial charge in [-0.15, -0.1) is 24.8 Å². The lowest BCUT2D eigenvalue weighted by Gasteiger charge is -2.26. The molecule has 0 unspecified atom stereocenters. The summed E-state index contributed by atoms with van der Waals surface area (Å²) in [5, 5.41) is 0. The van der Waals surface area contributed by atoms with Crippen molar-refractivity contribution < 1.29 is 13.2 Å². The van der Waals surface area contributed by atoms with E-state index >= 15 is 0 Å². The van der Waals surface area contributed by atoms with Gasteiger partial charge in [0.25, 0.3) is 15.9 Å². The van der Waals surface area contributed by atoms with Crippen LogP contribution < -0.4 is 0 Å². The number of rotatable bonds is 6. The first-order valence-electron chi connectivity index (χ1n) is 5.42. The molecule has 0 heterocycles. The van der Waals surface area contributed by atoms with Gasteiger partial charge in [-0.3, -0.25) is 4.79 Å². The summed E-state index contributed by atoms with van der Waals surface area (Å²) in [6.45, 7) is 7.01. The van der Waals surface area contributed by atoms with Crippen LogP contribution in [0.2, 0.25) is 0 Å². The molecule has 1 rings (SSSR count). The molecule has 0 N–H and O–H groups in total. The molecule has 0 aliphatic rings. The van der Waals surface area contributed by atoms with Crippen LogP contribution in [0.1, 0.15) is 0 Å². The molecule has 0 atom stereocenters. The maximum Gasteiger partial charge on any atom is 0.267 e. The molecular weight excluding hydrogens is 286 g/mol. The molecule has 0 aliphatic heterocycles. The molecule has 0 aliphatic carbocycles. The van der Waals surface area contributed by atoms with Gasteiger partial charge in [0.05, 0.1) is 10.9 Å². The zero-order chi connectivity index (χ0) is 14.5. The Morgan fingerprint density at radius 2 is 1.79 bits per heavy atom. The van der Waals surface area contributed by atoms with Gasteiger partial charge in [0.2, 0.25) is 0 Å². The summed E-state index contributed by atoms with van der Waals surface area (Å²) < 4.78 is 25.6. The Balaban J connectivity index is 3.36. The number of nitrogens with zero attached hydrogens (tertiary/aromatic N) is 1. The average Bonchev–Trinajstić information content (AvgIpc) is 2.44. The lowest BCUT2D eigenvalue weighted by Crippen LogP contribution is -2.43. The highest BCUT2D eigenvalue weighted by atomic mass is 35.5. The minimum absolute atomic E-state index is 0.0159. The van der Waals surface area contributed by atoms with Crippen molar-refractivity contribution in [2.24, 2.45) is 0 Å². The number of alkyl halides is 1. The van der Waals surface area contributed by atoms with Gasteiger partial charge in [-0.05, 0) is 12.1 Å². The van der Waals surface area contributed by atoms with Gasteiger partial charge < -0.3 is 0 Å². The number of carbonyl (C=O) groups is 1. The molecule has 1 aromatic rings. The Morgan fingerprint density at radius 3 is 2.21 bits per heavy atom. The van der Waals surface area contributed by atoms with Crippen LogP contribution in [0.5, 0.6) is 0 Å². The molecule has 102 valence electrons. The molecule has 0 radical (unpaired) electrons. The van der Waals surface area contributed by atoms with E-state index in [1.165, 1.54) is 24.3 Å². The van der Waals surface area contributed by atoms with E-state index in [1.54, 1.807) is 18.2 Å². The van der Waals surface area contributed by atoms with Crippen LogP contribution in [0, 0.1) is 0 Å². The van der Waals surface area contributed by atoms with Gasteiger partial charge in [-0.1, -0.05) is 30.4 Å². The molecular formula is C13H14ClNO3S. The van der Waals surface area contributed by atoms with Crippen LogP contribution in [0.15, 0.2) is 60.5 Å². The minimum atomic E-state index is -3.98. The molecule has 0 fully saturated rings. The number of hydrogen-bond donors (Lipinski definition) is 0. The van der Waals surface area contributed by atoms with Crippen molar-refractivity contribution in [2.45, 2.75) is 10.9 Å². The predicted octanol–water partition coefficient (Wildman–Crippen LogP) is 2.18. The maximum absolute atomic E-state index is 12.4. The smallest absolute Gasteiger partial charge is 0.267 e. The average molecular weight is 300 g/mol. The zero-order valence-corrected chi connectivity index (χ0v) is 11.8. The summed E-state index contributed by atoms with van der Waals surface area (Å²) in [7, 11) is -3.98. The number of halogens is 1. The number of carbonyl (C=O) groups excluding carboxylic acids is 1. The molecule has 0 aromatic heterocycles. The second-order valence-corrected chi connectivity index (χ2v) is 5.69. The molecule has 4 nitrogen and oxygen atoms in total. The van der Waals surface area contributed by atoms with Crippen LogP contribution in [0.4, 0.5) is 0 Å². The van der Waals surface area contributed by atoms with Crippen molar-refractivity contribution >= 4 is 27.5 Å². The fraction of sp³-hybridized carbons (Fsp3) is 0.154. The highest BCUT2D eigenvalue weighted by Gasteiger charge is 2.32. The highest BCUT2D eigenvalue weighted by Crippen LogP contribution is 2.19. The standard InChI is InChI=1S/C13H14ClNO3S/c1-3-11(4-2)15(13(16)10-14)19(17,18)12-8-6-5-7-9-12/h3-9,11H,1-2,10H2. The van der Waals surface area contributed by atoms with Crippen molar-refractivity contribution in [2.75, 3.05) is 5.88 Å². The van der Waals surface area contributed by atoms with Gasteiger partial charge in [0, 0.05) is 0 Å². The first kappa shape index (κ1) is 15.5. The molecule has 0 spiro atoms. The summed E-state index contributed by atoms with van der Waals surface area (Å²) in [4.78, 5) is 11.8. The van der Waals surface area contributed by atoms with Gasteiger partial charge >= 0.3 is 0 Å². The van der Waals surface area contributed by atoms with Crippen LogP contribution >= 0.6 is 11.6 Å². The van der Waals surface area contributed by atoms with Gasteiger partial charge in [-0.2, -0.15) is 0 Å². The molecule has 0 saturated carbocycles. The first-order chi connectivity index (χ1) is 8.98. The molecule has 0 saturated heterocycles. The van der Waals surface area contributed by atoms with E-state index in [-0.39, 0.29) is 4.90 Å². The maximum atomic E-state index is 12.4. The van der Waals surface area contributed by atoms with Crippen molar-refractivity contribution in [3.8, 4) is 0 Å². The molecule has 6 heteroatoms. The normalized spacial score (nSPS) is 11.1.